The summed E-state index contributed by atoms with van der Waals surface area (Å²) in [4.78, 5) is 14.0. The number of carbonyl (C=O) groups excluding carboxylic acids is 1. The van der Waals surface area contributed by atoms with Crippen molar-refractivity contribution in [1.82, 2.24) is 4.90 Å². The third-order valence-corrected chi connectivity index (χ3v) is 3.81. The predicted octanol–water partition coefficient (Wildman–Crippen LogP) is 2.18. The van der Waals surface area contributed by atoms with Gasteiger partial charge in [0, 0.05) is 19.5 Å². The molecule has 1 fully saturated rings. The Kier molecular flexibility index (Phi) is 6.27. The van der Waals surface area contributed by atoms with Crippen molar-refractivity contribution in [3.63, 3.8) is 0 Å². The Morgan fingerprint density at radius 1 is 1.41 bits per heavy atom. The second-order valence-electron chi connectivity index (χ2n) is 5.14. The van der Waals surface area contributed by atoms with Crippen molar-refractivity contribution in [2.45, 2.75) is 38.5 Å². The maximum Gasteiger partial charge on any atom is 0.225 e. The molecule has 3 heteroatoms. The molecule has 0 aromatic rings. The monoisotopic (exact) mass is 238 g/mol. The van der Waals surface area contributed by atoms with Crippen LogP contribution in [0.25, 0.3) is 0 Å². The summed E-state index contributed by atoms with van der Waals surface area (Å²) in [5.41, 5.74) is 5.66. The van der Waals surface area contributed by atoms with E-state index in [4.69, 9.17) is 5.73 Å². The summed E-state index contributed by atoms with van der Waals surface area (Å²) >= 11 is 0. The summed E-state index contributed by atoms with van der Waals surface area (Å²) in [7, 11) is 1.92. The van der Waals surface area contributed by atoms with Crippen molar-refractivity contribution in [2.24, 2.45) is 17.6 Å². The summed E-state index contributed by atoms with van der Waals surface area (Å²) in [6.07, 6.45) is 8.19. The van der Waals surface area contributed by atoms with Crippen molar-refractivity contribution < 1.29 is 4.79 Å². The molecule has 0 heterocycles. The van der Waals surface area contributed by atoms with Gasteiger partial charge in [-0.05, 0) is 51.0 Å². The highest BCUT2D eigenvalue weighted by Crippen LogP contribution is 2.29. The quantitative estimate of drug-likeness (QED) is 0.569. The number of hydrogen-bond acceptors (Lipinski definition) is 2. The second-order valence-corrected chi connectivity index (χ2v) is 5.14. The molecule has 1 rings (SSSR count). The molecule has 1 saturated carbocycles. The Balaban J connectivity index is 2.29. The molecule has 0 atom stereocenters. The summed E-state index contributed by atoms with van der Waals surface area (Å²) in [5, 5.41) is 0. The molecule has 17 heavy (non-hydrogen) atoms. The Labute approximate surface area is 105 Å². The van der Waals surface area contributed by atoms with E-state index in [9.17, 15) is 4.79 Å². The van der Waals surface area contributed by atoms with Crippen LogP contribution in [0.3, 0.4) is 0 Å². The maximum atomic E-state index is 12.2. The first kappa shape index (κ1) is 14.2. The number of nitrogens with zero attached hydrogens (tertiary/aromatic N) is 1. The zero-order chi connectivity index (χ0) is 12.7. The average Bonchev–Trinajstić information content (AvgIpc) is 2.38. The molecule has 0 aromatic carbocycles. The van der Waals surface area contributed by atoms with Crippen LogP contribution in [0.2, 0.25) is 0 Å². The normalized spacial score (nSPS) is 24.4. The van der Waals surface area contributed by atoms with E-state index in [0.29, 0.717) is 11.8 Å². The fourth-order valence-corrected chi connectivity index (χ4v) is 2.54. The Morgan fingerprint density at radius 2 is 2.06 bits per heavy atom. The van der Waals surface area contributed by atoms with E-state index in [1.54, 1.807) is 0 Å². The van der Waals surface area contributed by atoms with Gasteiger partial charge in [0.2, 0.25) is 5.91 Å². The minimum Gasteiger partial charge on any atom is -0.346 e. The lowest BCUT2D eigenvalue weighted by molar-refractivity contribution is -0.135. The largest absolute Gasteiger partial charge is 0.346 e. The average molecular weight is 238 g/mol. The summed E-state index contributed by atoms with van der Waals surface area (Å²) in [6, 6.07) is 0. The van der Waals surface area contributed by atoms with Crippen LogP contribution in [0.1, 0.15) is 38.5 Å². The molecule has 0 spiro atoms. The van der Waals surface area contributed by atoms with Crippen molar-refractivity contribution in [1.29, 1.82) is 0 Å². The van der Waals surface area contributed by atoms with Gasteiger partial charge in [0.25, 0.3) is 0 Å². The van der Waals surface area contributed by atoms with Crippen LogP contribution < -0.4 is 5.73 Å². The van der Waals surface area contributed by atoms with Gasteiger partial charge in [0.1, 0.15) is 0 Å². The molecule has 1 amide bonds. The Bertz CT molecular complexity index is 245. The molecule has 0 saturated heterocycles. The van der Waals surface area contributed by atoms with Gasteiger partial charge in [0.05, 0.1) is 0 Å². The minimum absolute atomic E-state index is 0.242. The van der Waals surface area contributed by atoms with Crippen LogP contribution in [0.15, 0.2) is 12.7 Å². The van der Waals surface area contributed by atoms with Crippen LogP contribution in [-0.2, 0) is 4.79 Å². The second kappa shape index (κ2) is 7.49. The highest BCUT2D eigenvalue weighted by atomic mass is 16.2. The van der Waals surface area contributed by atoms with Crippen LogP contribution in [-0.4, -0.2) is 30.9 Å². The SMILES string of the molecule is C=CCCCN(C)C(=O)C1CCC(CN)CC1. The van der Waals surface area contributed by atoms with Gasteiger partial charge in [-0.25, -0.2) is 0 Å². The van der Waals surface area contributed by atoms with Crippen molar-refractivity contribution in [3.8, 4) is 0 Å². The fraction of sp³-hybridized carbons (Fsp3) is 0.786. The first-order valence-electron chi connectivity index (χ1n) is 6.75. The van der Waals surface area contributed by atoms with E-state index in [1.165, 1.54) is 0 Å². The van der Waals surface area contributed by atoms with Gasteiger partial charge in [-0.3, -0.25) is 4.79 Å². The fourth-order valence-electron chi connectivity index (χ4n) is 2.54. The summed E-state index contributed by atoms with van der Waals surface area (Å²) < 4.78 is 0. The number of hydrogen-bond donors (Lipinski definition) is 1. The van der Waals surface area contributed by atoms with E-state index < -0.39 is 0 Å². The smallest absolute Gasteiger partial charge is 0.225 e. The highest BCUT2D eigenvalue weighted by molar-refractivity contribution is 5.78. The Morgan fingerprint density at radius 3 is 2.59 bits per heavy atom. The minimum atomic E-state index is 0.242. The molecular formula is C14H26N2O. The van der Waals surface area contributed by atoms with Gasteiger partial charge in [0.15, 0.2) is 0 Å². The molecule has 0 bridgehead atoms. The maximum absolute atomic E-state index is 12.2. The van der Waals surface area contributed by atoms with E-state index in [2.05, 4.69) is 6.58 Å². The van der Waals surface area contributed by atoms with Gasteiger partial charge in [-0.2, -0.15) is 0 Å². The van der Waals surface area contributed by atoms with Crippen LogP contribution in [0.4, 0.5) is 0 Å². The number of carbonyl (C=O) groups is 1. The summed E-state index contributed by atoms with van der Waals surface area (Å²) in [6.45, 7) is 5.32. The van der Waals surface area contributed by atoms with Gasteiger partial charge in [-0.1, -0.05) is 6.08 Å². The van der Waals surface area contributed by atoms with Crippen molar-refractivity contribution >= 4 is 5.91 Å². The van der Waals surface area contributed by atoms with Crippen LogP contribution >= 0.6 is 0 Å². The lowest BCUT2D eigenvalue weighted by Crippen LogP contribution is -2.36. The van der Waals surface area contributed by atoms with E-state index in [1.807, 2.05) is 18.0 Å². The van der Waals surface area contributed by atoms with Crippen molar-refractivity contribution in [2.75, 3.05) is 20.1 Å². The molecule has 0 aliphatic heterocycles. The standard InChI is InChI=1S/C14H26N2O/c1-3-4-5-10-16(2)14(17)13-8-6-12(11-15)7-9-13/h3,12-13H,1,4-11,15H2,2H3. The molecule has 0 radical (unpaired) electrons. The molecule has 98 valence electrons. The third kappa shape index (κ3) is 4.50. The van der Waals surface area contributed by atoms with Crippen LogP contribution in [0.5, 0.6) is 0 Å². The lowest BCUT2D eigenvalue weighted by atomic mass is 9.81. The number of nitrogens with two attached hydrogens (primary N) is 1. The molecule has 0 unspecified atom stereocenters. The Hall–Kier alpha value is -0.830. The van der Waals surface area contributed by atoms with E-state index >= 15 is 0 Å². The van der Waals surface area contributed by atoms with E-state index in [0.717, 1.165) is 51.6 Å². The zero-order valence-corrected chi connectivity index (χ0v) is 11.0. The number of amides is 1. The zero-order valence-electron chi connectivity index (χ0n) is 11.0. The topological polar surface area (TPSA) is 46.3 Å². The lowest BCUT2D eigenvalue weighted by Gasteiger charge is -2.30. The molecule has 2 N–H and O–H groups in total. The third-order valence-electron chi connectivity index (χ3n) is 3.81. The molecule has 1 aliphatic carbocycles. The summed E-state index contributed by atoms with van der Waals surface area (Å²) in [5.74, 6) is 1.21. The molecule has 3 nitrogen and oxygen atoms in total. The van der Waals surface area contributed by atoms with Gasteiger partial charge < -0.3 is 10.6 Å². The van der Waals surface area contributed by atoms with Gasteiger partial charge in [-0.15, -0.1) is 6.58 Å². The first-order chi connectivity index (χ1) is 8.19. The predicted molar refractivity (Wildman–Crippen MR) is 71.6 cm³/mol. The molecule has 1 aliphatic rings. The molecular weight excluding hydrogens is 212 g/mol. The first-order valence-corrected chi connectivity index (χ1v) is 6.75. The van der Waals surface area contributed by atoms with Crippen molar-refractivity contribution in [3.05, 3.63) is 12.7 Å². The highest BCUT2D eigenvalue weighted by Gasteiger charge is 2.27. The number of unbranched alkanes of at least 4 members (excludes halogenated alkanes) is 1. The van der Waals surface area contributed by atoms with E-state index in [-0.39, 0.29) is 5.92 Å². The van der Waals surface area contributed by atoms with Crippen LogP contribution in [0, 0.1) is 11.8 Å². The molecule has 0 aromatic heterocycles. The number of rotatable bonds is 6. The number of allylic oxidation sites excluding steroid dienone is 1. The van der Waals surface area contributed by atoms with Gasteiger partial charge >= 0.3 is 0 Å².